The summed E-state index contributed by atoms with van der Waals surface area (Å²) in [7, 11) is 1.90. The molecular weight excluding hydrogens is 288 g/mol. The number of hydrogen-bond donors (Lipinski definition) is 2. The van der Waals surface area contributed by atoms with Crippen molar-refractivity contribution in [1.29, 1.82) is 0 Å². The Hall–Kier alpha value is -1.26. The van der Waals surface area contributed by atoms with Gasteiger partial charge in [0.15, 0.2) is 6.61 Å². The van der Waals surface area contributed by atoms with Gasteiger partial charge >= 0.3 is 0 Å². The van der Waals surface area contributed by atoms with Crippen LogP contribution in [-0.4, -0.2) is 25.6 Å². The Kier molecular flexibility index (Phi) is 5.88. The van der Waals surface area contributed by atoms with E-state index in [0.29, 0.717) is 16.8 Å². The zero-order chi connectivity index (χ0) is 15.2. The fraction of sp³-hybridized carbons (Fsp3) is 0.562. The van der Waals surface area contributed by atoms with E-state index in [1.54, 1.807) is 0 Å². The molecule has 1 saturated carbocycles. The Balaban J connectivity index is 1.86. The summed E-state index contributed by atoms with van der Waals surface area (Å²) in [6.45, 7) is 2.07. The van der Waals surface area contributed by atoms with Crippen LogP contribution in [0.5, 0.6) is 5.75 Å². The standard InChI is InChI=1S/C16H23ClN2O2/c1-11(18-2)12-7-8-15(14(17)9-12)21-10-16(20)19-13-5-3-4-6-13/h7-9,11,13,18H,3-6,10H2,1-2H3,(H,19,20). The highest BCUT2D eigenvalue weighted by molar-refractivity contribution is 6.32. The fourth-order valence-corrected chi connectivity index (χ4v) is 2.80. The Morgan fingerprint density at radius 3 is 2.76 bits per heavy atom. The van der Waals surface area contributed by atoms with Crippen molar-refractivity contribution >= 4 is 17.5 Å². The number of rotatable bonds is 6. The molecular formula is C16H23ClN2O2. The second kappa shape index (κ2) is 7.66. The molecule has 1 unspecified atom stereocenters. The minimum atomic E-state index is -0.0781. The third-order valence-corrected chi connectivity index (χ3v) is 4.26. The summed E-state index contributed by atoms with van der Waals surface area (Å²) in [4.78, 5) is 11.8. The minimum absolute atomic E-state index is 0.0111. The highest BCUT2D eigenvalue weighted by atomic mass is 35.5. The van der Waals surface area contributed by atoms with Gasteiger partial charge in [-0.05, 0) is 44.5 Å². The maximum absolute atomic E-state index is 11.8. The fourth-order valence-electron chi connectivity index (χ4n) is 2.55. The number of carbonyl (C=O) groups is 1. The number of carbonyl (C=O) groups excluding carboxylic acids is 1. The van der Waals surface area contributed by atoms with E-state index in [1.807, 2.05) is 25.2 Å². The molecule has 1 amide bonds. The molecule has 2 rings (SSSR count). The van der Waals surface area contributed by atoms with E-state index >= 15 is 0 Å². The Labute approximate surface area is 131 Å². The monoisotopic (exact) mass is 310 g/mol. The van der Waals surface area contributed by atoms with Crippen LogP contribution in [0.25, 0.3) is 0 Å². The first kappa shape index (κ1) is 16.1. The predicted octanol–water partition coefficient (Wildman–Crippen LogP) is 3.06. The zero-order valence-corrected chi connectivity index (χ0v) is 13.4. The van der Waals surface area contributed by atoms with Crippen molar-refractivity contribution in [3.05, 3.63) is 28.8 Å². The average Bonchev–Trinajstić information content (AvgIpc) is 2.98. The molecule has 0 aromatic heterocycles. The zero-order valence-electron chi connectivity index (χ0n) is 12.6. The lowest BCUT2D eigenvalue weighted by Gasteiger charge is -2.15. The molecule has 21 heavy (non-hydrogen) atoms. The summed E-state index contributed by atoms with van der Waals surface area (Å²) in [5.74, 6) is 0.468. The van der Waals surface area contributed by atoms with Crippen molar-refractivity contribution in [2.24, 2.45) is 0 Å². The molecule has 1 aliphatic carbocycles. The Morgan fingerprint density at radius 2 is 2.14 bits per heavy atom. The van der Waals surface area contributed by atoms with Gasteiger partial charge in [-0.1, -0.05) is 30.5 Å². The van der Waals surface area contributed by atoms with Crippen molar-refractivity contribution in [1.82, 2.24) is 10.6 Å². The number of amides is 1. The molecule has 4 nitrogen and oxygen atoms in total. The summed E-state index contributed by atoms with van der Waals surface area (Å²) in [6.07, 6.45) is 4.54. The third kappa shape index (κ3) is 4.61. The van der Waals surface area contributed by atoms with Crippen LogP contribution in [0, 0.1) is 0 Å². The second-order valence-electron chi connectivity index (χ2n) is 5.54. The van der Waals surface area contributed by atoms with E-state index in [4.69, 9.17) is 16.3 Å². The topological polar surface area (TPSA) is 50.4 Å². The van der Waals surface area contributed by atoms with Crippen molar-refractivity contribution in [2.75, 3.05) is 13.7 Å². The first-order chi connectivity index (χ1) is 10.1. The van der Waals surface area contributed by atoms with Gasteiger partial charge in [0.1, 0.15) is 5.75 Å². The molecule has 1 aliphatic rings. The van der Waals surface area contributed by atoms with E-state index in [1.165, 1.54) is 12.8 Å². The van der Waals surface area contributed by atoms with Crippen LogP contribution in [0.3, 0.4) is 0 Å². The smallest absolute Gasteiger partial charge is 0.258 e. The molecule has 0 bridgehead atoms. The normalized spacial score (nSPS) is 16.7. The van der Waals surface area contributed by atoms with E-state index in [2.05, 4.69) is 17.6 Å². The maximum atomic E-state index is 11.8. The lowest BCUT2D eigenvalue weighted by atomic mass is 10.1. The summed E-state index contributed by atoms with van der Waals surface area (Å²) in [5.41, 5.74) is 1.09. The van der Waals surface area contributed by atoms with Gasteiger partial charge in [-0.15, -0.1) is 0 Å². The molecule has 0 saturated heterocycles. The molecule has 116 valence electrons. The molecule has 1 aromatic rings. The van der Waals surface area contributed by atoms with E-state index in [-0.39, 0.29) is 18.6 Å². The molecule has 5 heteroatoms. The first-order valence-corrected chi connectivity index (χ1v) is 7.87. The van der Waals surface area contributed by atoms with E-state index < -0.39 is 0 Å². The van der Waals surface area contributed by atoms with Crippen LogP contribution in [-0.2, 0) is 4.79 Å². The number of nitrogens with one attached hydrogen (secondary N) is 2. The average molecular weight is 311 g/mol. The van der Waals surface area contributed by atoms with Gasteiger partial charge in [0, 0.05) is 12.1 Å². The van der Waals surface area contributed by atoms with Crippen LogP contribution >= 0.6 is 11.6 Å². The Morgan fingerprint density at radius 1 is 1.43 bits per heavy atom. The molecule has 0 radical (unpaired) electrons. The Bertz CT molecular complexity index is 487. The van der Waals surface area contributed by atoms with Crippen molar-refractivity contribution < 1.29 is 9.53 Å². The number of benzene rings is 1. The van der Waals surface area contributed by atoms with Gasteiger partial charge in [0.05, 0.1) is 5.02 Å². The second-order valence-corrected chi connectivity index (χ2v) is 5.94. The van der Waals surface area contributed by atoms with Crippen molar-refractivity contribution in [2.45, 2.75) is 44.7 Å². The molecule has 1 fully saturated rings. The molecule has 2 N–H and O–H groups in total. The molecule has 1 atom stereocenters. The minimum Gasteiger partial charge on any atom is -0.482 e. The molecule has 0 heterocycles. The largest absolute Gasteiger partial charge is 0.482 e. The van der Waals surface area contributed by atoms with Crippen molar-refractivity contribution in [3.8, 4) is 5.75 Å². The van der Waals surface area contributed by atoms with Crippen LogP contribution in [0.1, 0.15) is 44.2 Å². The van der Waals surface area contributed by atoms with Crippen LogP contribution in [0.2, 0.25) is 5.02 Å². The molecule has 0 aliphatic heterocycles. The summed E-state index contributed by atoms with van der Waals surface area (Å²) < 4.78 is 5.51. The van der Waals surface area contributed by atoms with Crippen LogP contribution < -0.4 is 15.4 Å². The maximum Gasteiger partial charge on any atom is 0.258 e. The van der Waals surface area contributed by atoms with Crippen LogP contribution in [0.15, 0.2) is 18.2 Å². The van der Waals surface area contributed by atoms with Gasteiger partial charge < -0.3 is 15.4 Å². The molecule has 0 spiro atoms. The van der Waals surface area contributed by atoms with E-state index in [9.17, 15) is 4.79 Å². The van der Waals surface area contributed by atoms with E-state index in [0.717, 1.165) is 18.4 Å². The highest BCUT2D eigenvalue weighted by Gasteiger charge is 2.17. The quantitative estimate of drug-likeness (QED) is 0.849. The summed E-state index contributed by atoms with van der Waals surface area (Å²) in [5, 5.41) is 6.68. The number of hydrogen-bond acceptors (Lipinski definition) is 3. The van der Waals surface area contributed by atoms with Gasteiger partial charge in [-0.25, -0.2) is 0 Å². The highest BCUT2D eigenvalue weighted by Crippen LogP contribution is 2.27. The molecule has 1 aromatic carbocycles. The lowest BCUT2D eigenvalue weighted by molar-refractivity contribution is -0.123. The van der Waals surface area contributed by atoms with Gasteiger partial charge in [-0.3, -0.25) is 4.79 Å². The summed E-state index contributed by atoms with van der Waals surface area (Å²) >= 11 is 6.20. The van der Waals surface area contributed by atoms with Gasteiger partial charge in [0.2, 0.25) is 0 Å². The van der Waals surface area contributed by atoms with Crippen LogP contribution in [0.4, 0.5) is 0 Å². The van der Waals surface area contributed by atoms with Gasteiger partial charge in [-0.2, -0.15) is 0 Å². The van der Waals surface area contributed by atoms with Crippen molar-refractivity contribution in [3.63, 3.8) is 0 Å². The SMILES string of the molecule is CNC(C)c1ccc(OCC(=O)NC2CCCC2)c(Cl)c1. The first-order valence-electron chi connectivity index (χ1n) is 7.49. The lowest BCUT2D eigenvalue weighted by Crippen LogP contribution is -2.36. The number of halogens is 1. The third-order valence-electron chi connectivity index (χ3n) is 3.97. The number of ether oxygens (including phenoxy) is 1. The summed E-state index contributed by atoms with van der Waals surface area (Å²) in [6, 6.07) is 6.18. The predicted molar refractivity (Wildman–Crippen MR) is 84.8 cm³/mol. The van der Waals surface area contributed by atoms with Gasteiger partial charge in [0.25, 0.3) is 5.91 Å².